The van der Waals surface area contributed by atoms with E-state index in [1.165, 1.54) is 66.4 Å². The van der Waals surface area contributed by atoms with Crippen LogP contribution in [0.25, 0.3) is 77.2 Å². The Balaban J connectivity index is 1.15. The van der Waals surface area contributed by atoms with Gasteiger partial charge in [0.15, 0.2) is 0 Å². The van der Waals surface area contributed by atoms with E-state index in [4.69, 9.17) is 4.42 Å². The minimum Gasteiger partial charge on any atom is -0.456 e. The molecule has 0 aliphatic heterocycles. The molecule has 1 spiro atoms. The first-order chi connectivity index (χ1) is 30.3. The van der Waals surface area contributed by atoms with Crippen LogP contribution in [0, 0.1) is 0 Å². The summed E-state index contributed by atoms with van der Waals surface area (Å²) in [5, 5.41) is 4.81. The van der Waals surface area contributed by atoms with Crippen molar-refractivity contribution in [3.05, 3.63) is 247 Å². The zero-order valence-electron chi connectivity index (χ0n) is 33.2. The van der Waals surface area contributed by atoms with Crippen LogP contribution in [0.15, 0.2) is 229 Å². The largest absolute Gasteiger partial charge is 0.456 e. The van der Waals surface area contributed by atoms with E-state index in [1.807, 2.05) is 6.07 Å². The summed E-state index contributed by atoms with van der Waals surface area (Å²) < 4.78 is 6.57. The van der Waals surface area contributed by atoms with Gasteiger partial charge in [0.05, 0.1) is 11.1 Å². The molecule has 1 heterocycles. The Morgan fingerprint density at radius 3 is 1.79 bits per heavy atom. The molecule has 1 unspecified atom stereocenters. The van der Waals surface area contributed by atoms with Crippen LogP contribution in [0.2, 0.25) is 0 Å². The Hall–Kier alpha value is -7.94. The molecule has 2 aliphatic rings. The molecule has 0 saturated heterocycles. The Bertz CT molecular complexity index is 3540. The number of para-hydroxylation sites is 2. The minimum atomic E-state index is -0.594. The van der Waals surface area contributed by atoms with Gasteiger partial charge in [0, 0.05) is 33.8 Å². The summed E-state index contributed by atoms with van der Waals surface area (Å²) in [7, 11) is 0. The van der Waals surface area contributed by atoms with Gasteiger partial charge in [-0.1, -0.05) is 182 Å². The summed E-state index contributed by atoms with van der Waals surface area (Å²) in [6, 6.07) is 82.5. The number of nitrogens with zero attached hydrogens (tertiary/aromatic N) is 1. The molecular weight excluding hydrogens is 739 g/mol. The Labute approximate surface area is 354 Å². The highest BCUT2D eigenvalue weighted by Crippen LogP contribution is 2.64. The van der Waals surface area contributed by atoms with Crippen molar-refractivity contribution in [1.82, 2.24) is 0 Å². The molecule has 0 N–H and O–H groups in total. The lowest BCUT2D eigenvalue weighted by Crippen LogP contribution is -2.32. The van der Waals surface area contributed by atoms with Gasteiger partial charge in [-0.2, -0.15) is 0 Å². The molecular formula is C59H37NO. The molecule has 2 heteroatoms. The standard InChI is InChI=1S/C59H37NO/c1-3-16-38(17-4-1)43-22-8-11-30-54(43)60(42-32-34-47-46-24-9-12-31-55(46)61-56(47)37-42)41-33-35-49-53(36-41)59(52-29-15-25-44(58(49)52)39-18-5-2-6-19-39)50-27-10-7-23-45(50)48-26-13-20-40-21-14-28-51(59)57(40)48/h1-37H. The van der Waals surface area contributed by atoms with Gasteiger partial charge in [-0.05, 0) is 108 Å². The van der Waals surface area contributed by atoms with Crippen LogP contribution in [0.3, 0.4) is 0 Å². The molecule has 2 aliphatic carbocycles. The van der Waals surface area contributed by atoms with Crippen molar-refractivity contribution in [2.75, 3.05) is 4.90 Å². The minimum absolute atomic E-state index is 0.594. The maximum Gasteiger partial charge on any atom is 0.137 e. The Morgan fingerprint density at radius 1 is 0.344 bits per heavy atom. The van der Waals surface area contributed by atoms with Crippen LogP contribution in [0.4, 0.5) is 17.1 Å². The third kappa shape index (κ3) is 4.79. The van der Waals surface area contributed by atoms with Gasteiger partial charge < -0.3 is 9.32 Å². The number of fused-ring (bicyclic) bond motifs is 12. The monoisotopic (exact) mass is 775 g/mol. The van der Waals surface area contributed by atoms with E-state index in [0.29, 0.717) is 0 Å². The van der Waals surface area contributed by atoms with Crippen LogP contribution in [-0.2, 0) is 5.41 Å². The topological polar surface area (TPSA) is 16.4 Å². The summed E-state index contributed by atoms with van der Waals surface area (Å²) in [6.45, 7) is 0. The molecule has 10 aromatic carbocycles. The van der Waals surface area contributed by atoms with Crippen molar-refractivity contribution >= 4 is 49.8 Å². The maximum atomic E-state index is 6.57. The van der Waals surface area contributed by atoms with Gasteiger partial charge in [0.1, 0.15) is 11.2 Å². The first-order valence-electron chi connectivity index (χ1n) is 21.1. The molecule has 2 nitrogen and oxygen atoms in total. The number of anilines is 3. The van der Waals surface area contributed by atoms with Gasteiger partial charge in [-0.25, -0.2) is 0 Å². The van der Waals surface area contributed by atoms with Crippen LogP contribution >= 0.6 is 0 Å². The van der Waals surface area contributed by atoms with Crippen LogP contribution in [0.5, 0.6) is 0 Å². The predicted molar refractivity (Wildman–Crippen MR) is 253 cm³/mol. The van der Waals surface area contributed by atoms with Gasteiger partial charge >= 0.3 is 0 Å². The summed E-state index contributed by atoms with van der Waals surface area (Å²) in [6.07, 6.45) is 0. The fourth-order valence-electron chi connectivity index (χ4n) is 10.8. The Morgan fingerprint density at radius 2 is 0.934 bits per heavy atom. The van der Waals surface area contributed by atoms with Crippen molar-refractivity contribution in [3.8, 4) is 44.5 Å². The van der Waals surface area contributed by atoms with E-state index < -0.39 is 5.41 Å². The van der Waals surface area contributed by atoms with Crippen molar-refractivity contribution < 1.29 is 4.42 Å². The molecule has 61 heavy (non-hydrogen) atoms. The second-order valence-corrected chi connectivity index (χ2v) is 16.3. The lowest BCUT2D eigenvalue weighted by atomic mass is 9.61. The molecule has 0 amide bonds. The molecule has 0 bridgehead atoms. The average Bonchev–Trinajstić information content (AvgIpc) is 3.85. The molecule has 1 aromatic heterocycles. The van der Waals surface area contributed by atoms with Gasteiger partial charge in [0.2, 0.25) is 0 Å². The maximum absolute atomic E-state index is 6.57. The first-order valence-corrected chi connectivity index (χ1v) is 21.1. The predicted octanol–water partition coefficient (Wildman–Crippen LogP) is 15.9. The summed E-state index contributed by atoms with van der Waals surface area (Å²) >= 11 is 0. The second-order valence-electron chi connectivity index (χ2n) is 16.3. The molecule has 0 fully saturated rings. The SMILES string of the molecule is c1ccc(-c2ccccc2N(c2ccc3c(c2)C2(c4ccccc4-c4cccc5cccc2c45)c2cccc(-c4ccccc4)c2-3)c2ccc3c(c2)oc2ccccc23)cc1. The zero-order chi connectivity index (χ0) is 40.1. The van der Waals surface area contributed by atoms with E-state index in [9.17, 15) is 0 Å². The van der Waals surface area contributed by atoms with E-state index >= 15 is 0 Å². The van der Waals surface area contributed by atoms with Crippen molar-refractivity contribution in [1.29, 1.82) is 0 Å². The fraction of sp³-hybridized carbons (Fsp3) is 0.0169. The van der Waals surface area contributed by atoms with Crippen LogP contribution in [-0.4, -0.2) is 0 Å². The highest BCUT2D eigenvalue weighted by Gasteiger charge is 2.51. The molecule has 0 radical (unpaired) electrons. The van der Waals surface area contributed by atoms with Gasteiger partial charge in [0.25, 0.3) is 0 Å². The van der Waals surface area contributed by atoms with Crippen molar-refractivity contribution in [2.45, 2.75) is 5.41 Å². The summed E-state index contributed by atoms with van der Waals surface area (Å²) in [5.41, 5.74) is 19.5. The highest BCUT2D eigenvalue weighted by atomic mass is 16.3. The molecule has 0 saturated carbocycles. The summed E-state index contributed by atoms with van der Waals surface area (Å²) in [4.78, 5) is 2.44. The lowest BCUT2D eigenvalue weighted by molar-refractivity contribution is 0.669. The zero-order valence-corrected chi connectivity index (χ0v) is 33.2. The molecule has 13 rings (SSSR count). The average molecular weight is 776 g/mol. The molecule has 1 atom stereocenters. The van der Waals surface area contributed by atoms with Gasteiger partial charge in [-0.3, -0.25) is 0 Å². The van der Waals surface area contributed by atoms with Crippen molar-refractivity contribution in [3.63, 3.8) is 0 Å². The lowest BCUT2D eigenvalue weighted by Gasteiger charge is -2.40. The van der Waals surface area contributed by atoms with E-state index in [-0.39, 0.29) is 0 Å². The second kappa shape index (κ2) is 13.0. The Kier molecular flexibility index (Phi) is 7.26. The van der Waals surface area contributed by atoms with E-state index in [1.54, 1.807) is 0 Å². The number of furan rings is 1. The smallest absolute Gasteiger partial charge is 0.137 e. The third-order valence-electron chi connectivity index (χ3n) is 13.3. The number of benzene rings is 10. The van der Waals surface area contributed by atoms with E-state index in [0.717, 1.165) is 50.1 Å². The third-order valence-corrected chi connectivity index (χ3v) is 13.3. The number of hydrogen-bond donors (Lipinski definition) is 0. The first kappa shape index (κ1) is 34.0. The van der Waals surface area contributed by atoms with Gasteiger partial charge in [-0.15, -0.1) is 0 Å². The molecule has 284 valence electrons. The highest BCUT2D eigenvalue weighted by molar-refractivity contribution is 6.09. The fourth-order valence-corrected chi connectivity index (χ4v) is 10.8. The number of hydrogen-bond acceptors (Lipinski definition) is 2. The molecule has 11 aromatic rings. The normalized spacial score (nSPS) is 14.6. The summed E-state index contributed by atoms with van der Waals surface area (Å²) in [5.74, 6) is 0. The van der Waals surface area contributed by atoms with E-state index in [2.05, 4.69) is 223 Å². The van der Waals surface area contributed by atoms with Crippen molar-refractivity contribution in [2.24, 2.45) is 0 Å². The van der Waals surface area contributed by atoms with Crippen LogP contribution < -0.4 is 4.90 Å². The quantitative estimate of drug-likeness (QED) is 0.173. The van der Waals surface area contributed by atoms with Crippen LogP contribution in [0.1, 0.15) is 22.3 Å². The number of rotatable bonds is 5.